The molecule has 2 aromatic rings. The highest BCUT2D eigenvalue weighted by Gasteiger charge is 2.13. The van der Waals surface area contributed by atoms with Crippen LogP contribution in [-0.4, -0.2) is 44.3 Å². The summed E-state index contributed by atoms with van der Waals surface area (Å²) in [6.45, 7) is 4.59. The first-order valence-electron chi connectivity index (χ1n) is 7.28. The third-order valence-electron chi connectivity index (χ3n) is 3.09. The fraction of sp³-hybridized carbons (Fsp3) is 0.571. The minimum Gasteiger partial charge on any atom is -0.338 e. The van der Waals surface area contributed by atoms with Crippen LogP contribution in [0.5, 0.6) is 0 Å². The topological polar surface area (TPSA) is 89.1 Å². The Balaban J connectivity index is 1.84. The zero-order valence-electron chi connectivity index (χ0n) is 13.5. The summed E-state index contributed by atoms with van der Waals surface area (Å²) in [4.78, 5) is 18.1. The van der Waals surface area contributed by atoms with Crippen LogP contribution in [0.4, 0.5) is 5.69 Å². The van der Waals surface area contributed by atoms with Crippen molar-refractivity contribution in [3.63, 3.8) is 0 Å². The molecule has 0 fully saturated rings. The molecule has 0 saturated heterocycles. The van der Waals surface area contributed by atoms with Gasteiger partial charge in [-0.25, -0.2) is 0 Å². The summed E-state index contributed by atoms with van der Waals surface area (Å²) in [5.74, 6) is 1.13. The normalized spacial score (nSPS) is 11.1. The van der Waals surface area contributed by atoms with Crippen LogP contribution >= 0.6 is 0 Å². The third kappa shape index (κ3) is 4.39. The Kier molecular flexibility index (Phi) is 5.26. The minimum atomic E-state index is -0.105. The van der Waals surface area contributed by atoms with Crippen LogP contribution in [0.1, 0.15) is 30.8 Å². The van der Waals surface area contributed by atoms with Gasteiger partial charge in [-0.3, -0.25) is 14.4 Å². The maximum absolute atomic E-state index is 12.0. The largest absolute Gasteiger partial charge is 0.338 e. The summed E-state index contributed by atoms with van der Waals surface area (Å²) >= 11 is 0. The fourth-order valence-corrected chi connectivity index (χ4v) is 2.12. The van der Waals surface area contributed by atoms with E-state index in [9.17, 15) is 4.79 Å². The van der Waals surface area contributed by atoms with Crippen LogP contribution in [0.2, 0.25) is 0 Å². The van der Waals surface area contributed by atoms with Gasteiger partial charge in [0, 0.05) is 19.7 Å². The molecule has 0 aromatic carbocycles. The summed E-state index contributed by atoms with van der Waals surface area (Å²) in [6.07, 6.45) is 3.55. The Labute approximate surface area is 129 Å². The molecule has 0 unspecified atom stereocenters. The molecule has 1 amide bonds. The molecule has 2 rings (SSSR count). The molecule has 0 spiro atoms. The number of carbonyl (C=O) groups is 1. The van der Waals surface area contributed by atoms with Gasteiger partial charge in [-0.2, -0.15) is 10.1 Å². The molecular formula is C14H22N6O2. The highest BCUT2D eigenvalue weighted by atomic mass is 16.5. The lowest BCUT2D eigenvalue weighted by Gasteiger charge is -2.13. The van der Waals surface area contributed by atoms with Crippen LogP contribution < -0.4 is 5.32 Å². The second-order valence-electron chi connectivity index (χ2n) is 5.38. The third-order valence-corrected chi connectivity index (χ3v) is 3.09. The first-order valence-corrected chi connectivity index (χ1v) is 7.28. The van der Waals surface area contributed by atoms with Gasteiger partial charge in [-0.1, -0.05) is 12.1 Å². The molecular weight excluding hydrogens is 284 g/mol. The van der Waals surface area contributed by atoms with E-state index in [2.05, 4.69) is 27.5 Å². The molecule has 0 bridgehead atoms. The Hall–Kier alpha value is -2.22. The molecule has 0 aliphatic carbocycles. The van der Waals surface area contributed by atoms with E-state index < -0.39 is 0 Å². The van der Waals surface area contributed by atoms with Gasteiger partial charge < -0.3 is 9.84 Å². The SMILES string of the molecule is CCCc1noc(CN(C)CC(=O)Nc2cn(C)nc2C)n1. The lowest BCUT2D eigenvalue weighted by Crippen LogP contribution is -2.30. The molecule has 0 atom stereocenters. The van der Waals surface area contributed by atoms with E-state index >= 15 is 0 Å². The molecule has 2 aromatic heterocycles. The monoisotopic (exact) mass is 306 g/mol. The highest BCUT2D eigenvalue weighted by Crippen LogP contribution is 2.11. The molecule has 8 nitrogen and oxygen atoms in total. The number of carbonyl (C=O) groups excluding carboxylic acids is 1. The Morgan fingerprint density at radius 2 is 2.27 bits per heavy atom. The first-order chi connectivity index (χ1) is 10.5. The van der Waals surface area contributed by atoms with E-state index in [-0.39, 0.29) is 12.5 Å². The van der Waals surface area contributed by atoms with Gasteiger partial charge in [0.05, 0.1) is 24.5 Å². The number of amides is 1. The van der Waals surface area contributed by atoms with E-state index in [0.29, 0.717) is 18.3 Å². The first kappa shape index (κ1) is 16.2. The van der Waals surface area contributed by atoms with Crippen molar-refractivity contribution in [3.05, 3.63) is 23.6 Å². The molecule has 0 aliphatic rings. The van der Waals surface area contributed by atoms with Crippen molar-refractivity contribution >= 4 is 11.6 Å². The molecule has 2 heterocycles. The number of rotatable bonds is 7. The van der Waals surface area contributed by atoms with Gasteiger partial charge in [-0.15, -0.1) is 0 Å². The molecule has 22 heavy (non-hydrogen) atoms. The number of aryl methyl sites for hydroxylation is 3. The zero-order valence-corrected chi connectivity index (χ0v) is 13.5. The van der Waals surface area contributed by atoms with Gasteiger partial charge in [0.15, 0.2) is 5.82 Å². The predicted octanol–water partition coefficient (Wildman–Crippen LogP) is 1.13. The number of nitrogens with one attached hydrogen (secondary N) is 1. The van der Waals surface area contributed by atoms with Crippen molar-refractivity contribution in [1.29, 1.82) is 0 Å². The van der Waals surface area contributed by atoms with Gasteiger partial charge in [-0.05, 0) is 20.4 Å². The molecule has 0 radical (unpaired) electrons. The fourth-order valence-electron chi connectivity index (χ4n) is 2.12. The summed E-state index contributed by atoms with van der Waals surface area (Å²) in [6, 6.07) is 0. The Morgan fingerprint density at radius 1 is 1.50 bits per heavy atom. The van der Waals surface area contributed by atoms with E-state index in [1.807, 2.05) is 25.9 Å². The van der Waals surface area contributed by atoms with Crippen molar-refractivity contribution < 1.29 is 9.32 Å². The van der Waals surface area contributed by atoms with Crippen LogP contribution in [0, 0.1) is 6.92 Å². The second kappa shape index (κ2) is 7.17. The van der Waals surface area contributed by atoms with E-state index in [0.717, 1.165) is 24.2 Å². The zero-order chi connectivity index (χ0) is 16.1. The Bertz CT molecular complexity index is 633. The van der Waals surface area contributed by atoms with E-state index in [4.69, 9.17) is 4.52 Å². The predicted molar refractivity (Wildman–Crippen MR) is 81.2 cm³/mol. The van der Waals surface area contributed by atoms with Gasteiger partial charge in [0.2, 0.25) is 11.8 Å². The minimum absolute atomic E-state index is 0.105. The summed E-state index contributed by atoms with van der Waals surface area (Å²) in [7, 11) is 3.65. The maximum atomic E-state index is 12.0. The number of hydrogen-bond acceptors (Lipinski definition) is 6. The van der Waals surface area contributed by atoms with Crippen LogP contribution in [-0.2, 0) is 24.8 Å². The van der Waals surface area contributed by atoms with Crippen molar-refractivity contribution in [2.24, 2.45) is 7.05 Å². The molecule has 0 saturated carbocycles. The summed E-state index contributed by atoms with van der Waals surface area (Å²) in [5.41, 5.74) is 1.52. The van der Waals surface area contributed by atoms with Gasteiger partial charge in [0.25, 0.3) is 0 Å². The number of nitrogens with zero attached hydrogens (tertiary/aromatic N) is 5. The lowest BCUT2D eigenvalue weighted by molar-refractivity contribution is -0.117. The molecule has 8 heteroatoms. The van der Waals surface area contributed by atoms with Crippen LogP contribution in [0.25, 0.3) is 0 Å². The molecule has 120 valence electrons. The smallest absolute Gasteiger partial charge is 0.240 e. The van der Waals surface area contributed by atoms with Crippen LogP contribution in [0.3, 0.4) is 0 Å². The van der Waals surface area contributed by atoms with Crippen molar-refractivity contribution in [1.82, 2.24) is 24.8 Å². The summed E-state index contributed by atoms with van der Waals surface area (Å²) in [5, 5.41) is 10.9. The van der Waals surface area contributed by atoms with Gasteiger partial charge >= 0.3 is 0 Å². The van der Waals surface area contributed by atoms with Crippen molar-refractivity contribution in [3.8, 4) is 0 Å². The standard InChI is InChI=1S/C14H22N6O2/c1-5-6-12-16-14(22-18-12)9-19(3)8-13(21)15-11-7-20(4)17-10(11)2/h7H,5-6,8-9H2,1-4H3,(H,15,21). The second-order valence-corrected chi connectivity index (χ2v) is 5.38. The average molecular weight is 306 g/mol. The number of aromatic nitrogens is 4. The number of hydrogen-bond donors (Lipinski definition) is 1. The van der Waals surface area contributed by atoms with Crippen molar-refractivity contribution in [2.75, 3.05) is 18.9 Å². The maximum Gasteiger partial charge on any atom is 0.240 e. The van der Waals surface area contributed by atoms with E-state index in [1.165, 1.54) is 0 Å². The lowest BCUT2D eigenvalue weighted by atomic mass is 10.3. The average Bonchev–Trinajstić information content (AvgIpc) is 2.97. The van der Waals surface area contributed by atoms with Gasteiger partial charge in [0.1, 0.15) is 0 Å². The molecule has 0 aliphatic heterocycles. The highest BCUT2D eigenvalue weighted by molar-refractivity contribution is 5.92. The quantitative estimate of drug-likeness (QED) is 0.825. The number of likely N-dealkylation sites (N-methyl/N-ethyl adjacent to an activating group) is 1. The molecule has 1 N–H and O–H groups in total. The Morgan fingerprint density at radius 3 is 2.91 bits per heavy atom. The summed E-state index contributed by atoms with van der Waals surface area (Å²) < 4.78 is 6.83. The van der Waals surface area contributed by atoms with E-state index in [1.54, 1.807) is 10.9 Å². The van der Waals surface area contributed by atoms with Crippen LogP contribution in [0.15, 0.2) is 10.7 Å². The van der Waals surface area contributed by atoms with Crippen molar-refractivity contribution in [2.45, 2.75) is 33.2 Å². The number of anilines is 1.